The van der Waals surface area contributed by atoms with Gasteiger partial charge in [-0.3, -0.25) is 0 Å². The van der Waals surface area contributed by atoms with Crippen LogP contribution in [-0.2, 0) is 9.53 Å². The van der Waals surface area contributed by atoms with Crippen molar-refractivity contribution in [3.05, 3.63) is 28.8 Å². The van der Waals surface area contributed by atoms with Crippen molar-refractivity contribution in [2.75, 3.05) is 13.2 Å². The summed E-state index contributed by atoms with van der Waals surface area (Å²) < 4.78 is 5.14. The molecule has 1 unspecified atom stereocenters. The minimum Gasteiger partial charge on any atom is -0.507 e. The Bertz CT molecular complexity index is 446. The lowest BCUT2D eigenvalue weighted by Crippen LogP contribution is -2.32. The maximum Gasteiger partial charge on any atom is 0.327 e. The molecule has 0 aliphatic rings. The summed E-state index contributed by atoms with van der Waals surface area (Å²) in [5, 5.41) is 13.1. The van der Waals surface area contributed by atoms with Gasteiger partial charge in [-0.2, -0.15) is 0 Å². The molecule has 0 aliphatic heterocycles. The van der Waals surface area contributed by atoms with E-state index in [2.05, 4.69) is 19.2 Å². The fourth-order valence-electron chi connectivity index (χ4n) is 2.07. The van der Waals surface area contributed by atoms with Crippen molar-refractivity contribution < 1.29 is 14.6 Å². The largest absolute Gasteiger partial charge is 0.507 e. The maximum atomic E-state index is 12.1. The Hall–Kier alpha value is -1.55. The van der Waals surface area contributed by atoms with E-state index in [0.29, 0.717) is 12.5 Å². The molecule has 4 heteroatoms. The number of aromatic hydroxyl groups is 1. The standard InChI is InChI=1S/C16H25NO3/c1-6-20-16(19)14(17-9-10(2)3)13-7-11(4)15(18)12(5)8-13/h7-8,10,14,17-18H,6,9H2,1-5H3. The van der Waals surface area contributed by atoms with Gasteiger partial charge in [0.15, 0.2) is 0 Å². The topological polar surface area (TPSA) is 58.6 Å². The summed E-state index contributed by atoms with van der Waals surface area (Å²) >= 11 is 0. The molecular formula is C16H25NO3. The lowest BCUT2D eigenvalue weighted by molar-refractivity contribution is -0.145. The third kappa shape index (κ3) is 4.23. The fourth-order valence-corrected chi connectivity index (χ4v) is 2.07. The zero-order valence-corrected chi connectivity index (χ0v) is 13.0. The molecule has 20 heavy (non-hydrogen) atoms. The Morgan fingerprint density at radius 1 is 1.30 bits per heavy atom. The molecule has 0 fully saturated rings. The van der Waals surface area contributed by atoms with Crippen LogP contribution >= 0.6 is 0 Å². The number of esters is 1. The lowest BCUT2D eigenvalue weighted by Gasteiger charge is -2.20. The molecule has 0 aliphatic carbocycles. The van der Waals surface area contributed by atoms with Crippen LogP contribution in [-0.4, -0.2) is 24.2 Å². The molecule has 1 aromatic rings. The zero-order valence-electron chi connectivity index (χ0n) is 13.0. The van der Waals surface area contributed by atoms with Crippen molar-refractivity contribution in [3.63, 3.8) is 0 Å². The van der Waals surface area contributed by atoms with Crippen molar-refractivity contribution in [1.29, 1.82) is 0 Å². The molecule has 0 saturated heterocycles. The SMILES string of the molecule is CCOC(=O)C(NCC(C)C)c1cc(C)c(O)c(C)c1. The second-order valence-corrected chi connectivity index (χ2v) is 5.49. The lowest BCUT2D eigenvalue weighted by atomic mass is 9.99. The summed E-state index contributed by atoms with van der Waals surface area (Å²) in [5.74, 6) is 0.434. The number of ether oxygens (including phenoxy) is 1. The van der Waals surface area contributed by atoms with Gasteiger partial charge >= 0.3 is 5.97 Å². The molecule has 0 radical (unpaired) electrons. The maximum absolute atomic E-state index is 12.1. The van der Waals surface area contributed by atoms with Gasteiger partial charge in [0.1, 0.15) is 11.8 Å². The number of rotatable bonds is 6. The first-order valence-electron chi connectivity index (χ1n) is 7.06. The van der Waals surface area contributed by atoms with Gasteiger partial charge in [0.05, 0.1) is 6.61 Å². The van der Waals surface area contributed by atoms with E-state index in [9.17, 15) is 9.90 Å². The number of aryl methyl sites for hydroxylation is 2. The van der Waals surface area contributed by atoms with Crippen LogP contribution < -0.4 is 5.32 Å². The summed E-state index contributed by atoms with van der Waals surface area (Å²) in [4.78, 5) is 12.1. The van der Waals surface area contributed by atoms with Gasteiger partial charge < -0.3 is 15.2 Å². The van der Waals surface area contributed by atoms with Crippen LogP contribution in [0, 0.1) is 19.8 Å². The highest BCUT2D eigenvalue weighted by Crippen LogP contribution is 2.26. The fraction of sp³-hybridized carbons (Fsp3) is 0.562. The predicted molar refractivity (Wildman–Crippen MR) is 79.8 cm³/mol. The van der Waals surface area contributed by atoms with Crippen molar-refractivity contribution in [3.8, 4) is 5.75 Å². The van der Waals surface area contributed by atoms with Crippen molar-refractivity contribution in [2.45, 2.75) is 40.7 Å². The third-order valence-electron chi connectivity index (χ3n) is 3.10. The molecule has 0 bridgehead atoms. The first-order valence-corrected chi connectivity index (χ1v) is 7.06. The van der Waals surface area contributed by atoms with Gasteiger partial charge in [0, 0.05) is 0 Å². The zero-order chi connectivity index (χ0) is 15.3. The predicted octanol–water partition coefficient (Wildman–Crippen LogP) is 2.86. The molecule has 0 heterocycles. The van der Waals surface area contributed by atoms with E-state index in [1.54, 1.807) is 6.92 Å². The van der Waals surface area contributed by atoms with Crippen LogP contribution in [0.25, 0.3) is 0 Å². The van der Waals surface area contributed by atoms with E-state index < -0.39 is 6.04 Å². The number of phenols is 1. The van der Waals surface area contributed by atoms with Crippen LogP contribution in [0.2, 0.25) is 0 Å². The molecule has 1 aromatic carbocycles. The van der Waals surface area contributed by atoms with E-state index in [1.165, 1.54) is 0 Å². The summed E-state index contributed by atoms with van der Waals surface area (Å²) in [6.45, 7) is 10.7. The van der Waals surface area contributed by atoms with Crippen molar-refractivity contribution >= 4 is 5.97 Å². The number of benzene rings is 1. The number of hydrogen-bond acceptors (Lipinski definition) is 4. The van der Waals surface area contributed by atoms with Gasteiger partial charge in [0.25, 0.3) is 0 Å². The molecule has 0 amide bonds. The quantitative estimate of drug-likeness (QED) is 0.786. The van der Waals surface area contributed by atoms with Gasteiger partial charge in [-0.15, -0.1) is 0 Å². The Balaban J connectivity index is 3.06. The van der Waals surface area contributed by atoms with Crippen molar-refractivity contribution in [1.82, 2.24) is 5.32 Å². The molecule has 1 rings (SSSR count). The molecule has 0 spiro atoms. The minimum absolute atomic E-state index is 0.278. The van der Waals surface area contributed by atoms with Gasteiger partial charge in [-0.05, 0) is 49.9 Å². The van der Waals surface area contributed by atoms with E-state index in [-0.39, 0.29) is 11.7 Å². The number of hydrogen-bond donors (Lipinski definition) is 2. The van der Waals surface area contributed by atoms with Gasteiger partial charge in [0.2, 0.25) is 0 Å². The number of carbonyl (C=O) groups excluding carboxylic acids is 1. The summed E-state index contributed by atoms with van der Waals surface area (Å²) in [6, 6.07) is 3.17. The van der Waals surface area contributed by atoms with E-state index in [0.717, 1.165) is 23.2 Å². The van der Waals surface area contributed by atoms with Gasteiger partial charge in [-0.1, -0.05) is 26.0 Å². The second-order valence-electron chi connectivity index (χ2n) is 5.49. The molecule has 1 atom stereocenters. The van der Waals surface area contributed by atoms with Crippen molar-refractivity contribution in [2.24, 2.45) is 5.92 Å². The first kappa shape index (κ1) is 16.5. The Labute approximate surface area is 121 Å². The Morgan fingerprint density at radius 3 is 2.30 bits per heavy atom. The highest BCUT2D eigenvalue weighted by atomic mass is 16.5. The van der Waals surface area contributed by atoms with E-state index in [1.807, 2.05) is 26.0 Å². The average Bonchev–Trinajstić information content (AvgIpc) is 2.36. The van der Waals surface area contributed by atoms with Crippen LogP contribution in [0.15, 0.2) is 12.1 Å². The monoisotopic (exact) mass is 279 g/mol. The van der Waals surface area contributed by atoms with E-state index in [4.69, 9.17) is 4.74 Å². The van der Waals surface area contributed by atoms with Gasteiger partial charge in [-0.25, -0.2) is 4.79 Å². The number of phenolic OH excluding ortho intramolecular Hbond substituents is 1. The Morgan fingerprint density at radius 2 is 1.85 bits per heavy atom. The molecule has 2 N–H and O–H groups in total. The second kappa shape index (κ2) is 7.29. The molecule has 0 saturated carbocycles. The van der Waals surface area contributed by atoms with Crippen LogP contribution in [0.5, 0.6) is 5.75 Å². The number of nitrogens with one attached hydrogen (secondary N) is 1. The molecular weight excluding hydrogens is 254 g/mol. The molecule has 4 nitrogen and oxygen atoms in total. The van der Waals surface area contributed by atoms with Crippen LogP contribution in [0.1, 0.15) is 43.5 Å². The Kier molecular flexibility index (Phi) is 6.02. The summed E-state index contributed by atoms with van der Waals surface area (Å²) in [6.07, 6.45) is 0. The van der Waals surface area contributed by atoms with E-state index >= 15 is 0 Å². The summed E-state index contributed by atoms with van der Waals surface area (Å²) in [5.41, 5.74) is 2.36. The summed E-state index contributed by atoms with van der Waals surface area (Å²) in [7, 11) is 0. The molecule has 112 valence electrons. The normalized spacial score (nSPS) is 12.5. The average molecular weight is 279 g/mol. The minimum atomic E-state index is -0.490. The molecule has 0 aromatic heterocycles. The highest BCUT2D eigenvalue weighted by molar-refractivity contribution is 5.78. The highest BCUT2D eigenvalue weighted by Gasteiger charge is 2.23. The third-order valence-corrected chi connectivity index (χ3v) is 3.10. The number of carbonyl (C=O) groups is 1. The van der Waals surface area contributed by atoms with Crippen LogP contribution in [0.3, 0.4) is 0 Å². The van der Waals surface area contributed by atoms with Crippen LogP contribution in [0.4, 0.5) is 0 Å². The first-order chi connectivity index (χ1) is 9.36. The smallest absolute Gasteiger partial charge is 0.327 e.